The summed E-state index contributed by atoms with van der Waals surface area (Å²) in [6.45, 7) is 0.838. The molecule has 0 spiro atoms. The van der Waals surface area contributed by atoms with Crippen LogP contribution in [0.1, 0.15) is 32.0 Å². The molecular weight excluding hydrogens is 487 g/mol. The van der Waals surface area contributed by atoms with Crippen LogP contribution in [0.4, 0.5) is 10.1 Å². The maximum Gasteiger partial charge on any atom is 0.338 e. The summed E-state index contributed by atoms with van der Waals surface area (Å²) in [6.07, 6.45) is -0.985. The first-order chi connectivity index (χ1) is 17.4. The number of halogens is 1. The fraction of sp³-hybridized carbons (Fsp3) is 0.231. The molecule has 2 aromatic carbocycles. The second kappa shape index (κ2) is 11.7. The van der Waals surface area contributed by atoms with Gasteiger partial charge in [0.05, 0.1) is 25.1 Å². The summed E-state index contributed by atoms with van der Waals surface area (Å²) >= 11 is 1.57. The summed E-state index contributed by atoms with van der Waals surface area (Å²) in [6, 6.07) is 14.8. The Morgan fingerprint density at radius 3 is 2.47 bits per heavy atom. The molecule has 0 radical (unpaired) electrons. The fourth-order valence-corrected chi connectivity index (χ4v) is 4.31. The minimum Gasteiger partial charge on any atom is -0.454 e. The average molecular weight is 511 g/mol. The number of carbonyl (C=O) groups excluding carboxylic acids is 4. The summed E-state index contributed by atoms with van der Waals surface area (Å²) in [5.74, 6) is -2.26. The third kappa shape index (κ3) is 6.61. The second-order valence-electron chi connectivity index (χ2n) is 8.03. The van der Waals surface area contributed by atoms with Gasteiger partial charge in [0.25, 0.3) is 5.91 Å². The Bertz CT molecular complexity index is 1230. The van der Waals surface area contributed by atoms with Crippen molar-refractivity contribution in [2.45, 2.75) is 19.1 Å². The first-order valence-electron chi connectivity index (χ1n) is 11.2. The maximum atomic E-state index is 13.0. The zero-order valence-corrected chi connectivity index (χ0v) is 20.0. The first-order valence-corrected chi connectivity index (χ1v) is 12.1. The number of anilines is 1. The monoisotopic (exact) mass is 510 g/mol. The van der Waals surface area contributed by atoms with Crippen LogP contribution in [0, 0.1) is 5.82 Å². The zero-order valence-electron chi connectivity index (χ0n) is 19.1. The predicted octanol–water partition coefficient (Wildman–Crippen LogP) is 3.68. The van der Waals surface area contributed by atoms with Crippen LogP contribution in [0.5, 0.6) is 0 Å². The van der Waals surface area contributed by atoms with Gasteiger partial charge in [0.15, 0.2) is 12.4 Å². The van der Waals surface area contributed by atoms with Crippen LogP contribution in [0.2, 0.25) is 0 Å². The molecule has 4 rings (SSSR count). The predicted molar refractivity (Wildman–Crippen MR) is 130 cm³/mol. The van der Waals surface area contributed by atoms with Gasteiger partial charge in [0.2, 0.25) is 5.91 Å². The highest BCUT2D eigenvalue weighted by Gasteiger charge is 2.31. The van der Waals surface area contributed by atoms with Gasteiger partial charge in [-0.1, -0.05) is 6.07 Å². The minimum absolute atomic E-state index is 0.130. The van der Waals surface area contributed by atoms with E-state index < -0.39 is 36.2 Å². The molecular formula is C26H23FN2O6S. The van der Waals surface area contributed by atoms with E-state index in [2.05, 4.69) is 5.32 Å². The Kier molecular flexibility index (Phi) is 8.19. The van der Waals surface area contributed by atoms with E-state index in [-0.39, 0.29) is 23.5 Å². The summed E-state index contributed by atoms with van der Waals surface area (Å²) in [5, 5.41) is 4.64. The maximum absolute atomic E-state index is 13.0. The zero-order chi connectivity index (χ0) is 25.5. The highest BCUT2D eigenvalue weighted by molar-refractivity contribution is 7.09. The van der Waals surface area contributed by atoms with Crippen LogP contribution in [0.15, 0.2) is 66.0 Å². The number of morpholine rings is 1. The van der Waals surface area contributed by atoms with Crippen LogP contribution >= 0.6 is 11.3 Å². The highest BCUT2D eigenvalue weighted by atomic mass is 32.1. The van der Waals surface area contributed by atoms with Gasteiger partial charge in [0.1, 0.15) is 11.9 Å². The van der Waals surface area contributed by atoms with E-state index in [1.807, 2.05) is 17.5 Å². The van der Waals surface area contributed by atoms with Crippen molar-refractivity contribution in [2.75, 3.05) is 25.1 Å². The van der Waals surface area contributed by atoms with Crippen LogP contribution in [-0.2, 0) is 25.6 Å². The Hall–Kier alpha value is -3.89. The van der Waals surface area contributed by atoms with Gasteiger partial charge < -0.3 is 19.7 Å². The smallest absolute Gasteiger partial charge is 0.338 e. The summed E-state index contributed by atoms with van der Waals surface area (Å²) < 4.78 is 23.5. The molecule has 0 saturated carbocycles. The normalized spacial score (nSPS) is 15.4. The topological polar surface area (TPSA) is 102 Å². The molecule has 1 fully saturated rings. The van der Waals surface area contributed by atoms with E-state index >= 15 is 0 Å². The molecule has 2 heterocycles. The molecule has 2 amide bonds. The quantitative estimate of drug-likeness (QED) is 0.348. The lowest BCUT2D eigenvalue weighted by Gasteiger charge is -2.32. The molecule has 3 aromatic rings. The van der Waals surface area contributed by atoms with E-state index in [1.54, 1.807) is 16.2 Å². The van der Waals surface area contributed by atoms with Gasteiger partial charge in [-0.3, -0.25) is 14.4 Å². The SMILES string of the molecule is O=C(CC1OCCN(Cc2cccs2)C1=O)Nc1ccc(C(=O)OCC(=O)c2ccc(F)cc2)cc1. The molecule has 1 aliphatic heterocycles. The molecule has 186 valence electrons. The molecule has 36 heavy (non-hydrogen) atoms. The van der Waals surface area contributed by atoms with Crippen molar-refractivity contribution >= 4 is 40.6 Å². The molecule has 8 nitrogen and oxygen atoms in total. The fourth-order valence-electron chi connectivity index (χ4n) is 3.59. The van der Waals surface area contributed by atoms with Crippen molar-refractivity contribution in [3.8, 4) is 0 Å². The van der Waals surface area contributed by atoms with Gasteiger partial charge in [-0.2, -0.15) is 0 Å². The second-order valence-corrected chi connectivity index (χ2v) is 9.07. The lowest BCUT2D eigenvalue weighted by molar-refractivity contribution is -0.155. The Labute approximate surface area is 210 Å². The van der Waals surface area contributed by atoms with Gasteiger partial charge in [-0.15, -0.1) is 11.3 Å². The van der Waals surface area contributed by atoms with E-state index in [0.717, 1.165) is 17.0 Å². The van der Waals surface area contributed by atoms with Crippen molar-refractivity contribution < 1.29 is 33.0 Å². The number of esters is 1. The number of hydrogen-bond donors (Lipinski definition) is 1. The Morgan fingerprint density at radius 2 is 1.78 bits per heavy atom. The van der Waals surface area contributed by atoms with Crippen molar-refractivity contribution in [3.05, 3.63) is 87.9 Å². The summed E-state index contributed by atoms with van der Waals surface area (Å²) in [4.78, 5) is 52.2. The van der Waals surface area contributed by atoms with Gasteiger partial charge in [-0.05, 0) is 60.0 Å². The van der Waals surface area contributed by atoms with Gasteiger partial charge >= 0.3 is 5.97 Å². The summed E-state index contributed by atoms with van der Waals surface area (Å²) in [5.41, 5.74) is 0.852. The molecule has 1 aliphatic rings. The van der Waals surface area contributed by atoms with E-state index in [9.17, 15) is 23.6 Å². The number of ether oxygens (including phenoxy) is 2. The number of nitrogens with zero attached hydrogens (tertiary/aromatic N) is 1. The molecule has 1 unspecified atom stereocenters. The van der Waals surface area contributed by atoms with Crippen LogP contribution < -0.4 is 5.32 Å². The lowest BCUT2D eigenvalue weighted by atomic mass is 10.1. The van der Waals surface area contributed by atoms with Crippen LogP contribution in [-0.4, -0.2) is 54.3 Å². The number of amides is 2. The third-order valence-electron chi connectivity index (χ3n) is 5.47. The average Bonchev–Trinajstić information content (AvgIpc) is 3.39. The van der Waals surface area contributed by atoms with E-state index in [4.69, 9.17) is 9.47 Å². The summed E-state index contributed by atoms with van der Waals surface area (Å²) in [7, 11) is 0. The van der Waals surface area contributed by atoms with Gasteiger partial charge in [0, 0.05) is 22.7 Å². The Balaban J connectivity index is 1.25. The number of hydrogen-bond acceptors (Lipinski definition) is 7. The largest absolute Gasteiger partial charge is 0.454 e. The molecule has 10 heteroatoms. The van der Waals surface area contributed by atoms with E-state index in [0.29, 0.717) is 25.4 Å². The number of carbonyl (C=O) groups is 4. The molecule has 0 bridgehead atoms. The molecule has 1 saturated heterocycles. The van der Waals surface area contributed by atoms with Gasteiger partial charge in [-0.25, -0.2) is 9.18 Å². The third-order valence-corrected chi connectivity index (χ3v) is 6.33. The number of rotatable bonds is 9. The van der Waals surface area contributed by atoms with Crippen LogP contribution in [0.25, 0.3) is 0 Å². The number of thiophene rings is 1. The molecule has 1 aromatic heterocycles. The molecule has 0 aliphatic carbocycles. The van der Waals surface area contributed by atoms with E-state index in [1.165, 1.54) is 36.4 Å². The number of benzene rings is 2. The van der Waals surface area contributed by atoms with Crippen molar-refractivity contribution in [2.24, 2.45) is 0 Å². The highest BCUT2D eigenvalue weighted by Crippen LogP contribution is 2.18. The molecule has 1 N–H and O–H groups in total. The standard InChI is InChI=1S/C26H23FN2O6S/c27-19-7-3-17(4-8-19)22(30)16-35-26(33)18-5-9-20(10-6-18)28-24(31)14-23-25(32)29(11-12-34-23)15-21-2-1-13-36-21/h1-10,13,23H,11-12,14-16H2,(H,28,31). The first kappa shape index (κ1) is 25.2. The molecule has 1 atom stereocenters. The number of Topliss-reactive ketones (excluding diaryl/α,β-unsaturated/α-hetero) is 1. The minimum atomic E-state index is -0.855. The van der Waals surface area contributed by atoms with Crippen LogP contribution in [0.3, 0.4) is 0 Å². The van der Waals surface area contributed by atoms with Crippen molar-refractivity contribution in [3.63, 3.8) is 0 Å². The van der Waals surface area contributed by atoms with Crippen molar-refractivity contribution in [1.82, 2.24) is 4.90 Å². The lowest BCUT2D eigenvalue weighted by Crippen LogP contribution is -2.48. The Morgan fingerprint density at radius 1 is 1.06 bits per heavy atom. The van der Waals surface area contributed by atoms with Crippen molar-refractivity contribution in [1.29, 1.82) is 0 Å². The number of nitrogens with one attached hydrogen (secondary N) is 1. The number of ketones is 1.